The highest BCUT2D eigenvalue weighted by molar-refractivity contribution is 7.13. The van der Waals surface area contributed by atoms with Crippen molar-refractivity contribution in [1.82, 2.24) is 20.6 Å². The third-order valence-electron chi connectivity index (χ3n) is 8.18. The molecule has 1 amide bonds. The lowest BCUT2D eigenvalue weighted by Crippen LogP contribution is -2.52. The summed E-state index contributed by atoms with van der Waals surface area (Å²) >= 11 is 1.59. The normalized spacial score (nSPS) is 18.9. The van der Waals surface area contributed by atoms with Crippen LogP contribution in [-0.2, 0) is 22.4 Å². The maximum atomic E-state index is 12.8. The lowest BCUT2D eigenvalue weighted by atomic mass is 9.73. The number of fused-ring (bicyclic) bond motifs is 1. The van der Waals surface area contributed by atoms with Gasteiger partial charge in [0, 0.05) is 61.4 Å². The number of aliphatic hydroxyl groups is 1. The smallest absolute Gasteiger partial charge is 0.222 e. The second-order valence-electron chi connectivity index (χ2n) is 13.0. The van der Waals surface area contributed by atoms with Crippen LogP contribution < -0.4 is 15.4 Å². The number of hydrogen-bond donors (Lipinski definition) is 3. The van der Waals surface area contributed by atoms with Crippen LogP contribution in [0.4, 0.5) is 0 Å². The number of rotatable bonds is 12. The Kier molecular flexibility index (Phi) is 9.62. The third kappa shape index (κ3) is 7.75. The van der Waals surface area contributed by atoms with Gasteiger partial charge in [-0.3, -0.25) is 4.79 Å². The Balaban J connectivity index is 1.33. The second-order valence-corrected chi connectivity index (χ2v) is 13.9. The number of methoxy groups -OCH3 is 1. The number of ether oxygens (including phenoxy) is 2. The molecular weight excluding hydrogens is 548 g/mol. The van der Waals surface area contributed by atoms with Gasteiger partial charge in [0.15, 0.2) is 0 Å². The summed E-state index contributed by atoms with van der Waals surface area (Å²) < 4.78 is 11.6. The summed E-state index contributed by atoms with van der Waals surface area (Å²) in [5.41, 5.74) is 4.26. The Bertz CT molecular complexity index is 1340. The van der Waals surface area contributed by atoms with Gasteiger partial charge in [0.2, 0.25) is 11.8 Å². The molecule has 1 saturated carbocycles. The molecule has 3 heterocycles. The number of amides is 1. The zero-order valence-corrected chi connectivity index (χ0v) is 26.0. The Labute approximate surface area is 253 Å². The van der Waals surface area contributed by atoms with Gasteiger partial charge in [-0.25, -0.2) is 9.97 Å². The average molecular weight is 593 g/mol. The number of carbonyl (C=O) groups is 1. The van der Waals surface area contributed by atoms with Gasteiger partial charge in [0.05, 0.1) is 18.8 Å². The molecule has 0 radical (unpaired) electrons. The Morgan fingerprint density at radius 3 is 2.76 bits per heavy atom. The maximum absolute atomic E-state index is 12.8. The SMILES string of the molecule is COCCC(=O)N[C@@H](Cc1cccc(-c2nccs2)c1)[C@H](O)CN[C@H]1CC2(CCC2)Oc2ncc(CC(C)(C)C)cc21. The highest BCUT2D eigenvalue weighted by Gasteiger charge is 2.46. The molecule has 1 aliphatic carbocycles. The fourth-order valence-electron chi connectivity index (χ4n) is 5.96. The van der Waals surface area contributed by atoms with Crippen LogP contribution in [0.25, 0.3) is 10.6 Å². The predicted molar refractivity (Wildman–Crippen MR) is 166 cm³/mol. The van der Waals surface area contributed by atoms with Gasteiger partial charge in [-0.15, -0.1) is 11.3 Å². The van der Waals surface area contributed by atoms with Crippen LogP contribution >= 0.6 is 11.3 Å². The highest BCUT2D eigenvalue weighted by Crippen LogP contribution is 2.48. The lowest BCUT2D eigenvalue weighted by molar-refractivity contribution is -0.123. The van der Waals surface area contributed by atoms with E-state index in [4.69, 9.17) is 14.5 Å². The zero-order valence-electron chi connectivity index (χ0n) is 25.2. The van der Waals surface area contributed by atoms with Gasteiger partial charge in [-0.2, -0.15) is 0 Å². The molecule has 5 rings (SSSR count). The molecule has 1 fully saturated rings. The van der Waals surface area contributed by atoms with E-state index in [1.165, 1.54) is 5.56 Å². The molecule has 0 bridgehead atoms. The van der Waals surface area contributed by atoms with Crippen molar-refractivity contribution in [3.8, 4) is 16.5 Å². The van der Waals surface area contributed by atoms with Crippen LogP contribution in [0.15, 0.2) is 48.1 Å². The van der Waals surface area contributed by atoms with E-state index in [1.54, 1.807) is 24.6 Å². The molecular formula is C33H44N4O4S. The molecule has 42 heavy (non-hydrogen) atoms. The number of aromatic nitrogens is 2. The number of nitrogens with one attached hydrogen (secondary N) is 2. The fourth-order valence-corrected chi connectivity index (χ4v) is 6.60. The Hall–Kier alpha value is -2.85. The van der Waals surface area contributed by atoms with Crippen molar-refractivity contribution in [3.05, 3.63) is 64.8 Å². The number of benzene rings is 1. The summed E-state index contributed by atoms with van der Waals surface area (Å²) in [7, 11) is 1.58. The van der Waals surface area contributed by atoms with E-state index in [-0.39, 0.29) is 29.4 Å². The number of hydrogen-bond acceptors (Lipinski definition) is 8. The van der Waals surface area contributed by atoms with Crippen LogP contribution in [-0.4, -0.2) is 59.0 Å². The van der Waals surface area contributed by atoms with Gasteiger partial charge >= 0.3 is 0 Å². The first kappa shape index (κ1) is 30.6. The summed E-state index contributed by atoms with van der Waals surface area (Å²) in [5, 5.41) is 21.2. The van der Waals surface area contributed by atoms with E-state index in [9.17, 15) is 9.90 Å². The van der Waals surface area contributed by atoms with Crippen LogP contribution in [0.2, 0.25) is 0 Å². The van der Waals surface area contributed by atoms with E-state index >= 15 is 0 Å². The predicted octanol–water partition coefficient (Wildman–Crippen LogP) is 5.25. The molecule has 9 heteroatoms. The Morgan fingerprint density at radius 2 is 2.07 bits per heavy atom. The molecule has 0 unspecified atom stereocenters. The van der Waals surface area contributed by atoms with Gasteiger partial charge in [-0.1, -0.05) is 39.0 Å². The number of pyridine rings is 1. The molecule has 2 aliphatic rings. The molecule has 3 aromatic rings. The largest absolute Gasteiger partial charge is 0.471 e. The molecule has 1 aromatic carbocycles. The minimum Gasteiger partial charge on any atom is -0.471 e. The van der Waals surface area contributed by atoms with Gasteiger partial charge < -0.3 is 25.2 Å². The topological polar surface area (TPSA) is 106 Å². The van der Waals surface area contributed by atoms with Crippen molar-refractivity contribution in [2.24, 2.45) is 5.41 Å². The van der Waals surface area contributed by atoms with E-state index in [0.29, 0.717) is 25.5 Å². The van der Waals surface area contributed by atoms with Crippen molar-refractivity contribution in [2.75, 3.05) is 20.3 Å². The molecule has 2 aromatic heterocycles. The van der Waals surface area contributed by atoms with Crippen molar-refractivity contribution in [1.29, 1.82) is 0 Å². The van der Waals surface area contributed by atoms with E-state index in [0.717, 1.165) is 53.8 Å². The van der Waals surface area contributed by atoms with Gasteiger partial charge in [-0.05, 0) is 60.8 Å². The quantitative estimate of drug-likeness (QED) is 0.264. The lowest BCUT2D eigenvalue weighted by Gasteiger charge is -2.47. The zero-order chi connectivity index (χ0) is 29.7. The minimum absolute atomic E-state index is 0.00851. The maximum Gasteiger partial charge on any atom is 0.222 e. The first-order valence-corrected chi connectivity index (χ1v) is 15.9. The van der Waals surface area contributed by atoms with E-state index in [2.05, 4.69) is 48.5 Å². The van der Waals surface area contributed by atoms with Gasteiger partial charge in [0.25, 0.3) is 0 Å². The molecule has 226 valence electrons. The number of nitrogens with zero attached hydrogens (tertiary/aromatic N) is 2. The molecule has 1 aliphatic heterocycles. The van der Waals surface area contributed by atoms with Crippen LogP contribution in [0, 0.1) is 5.41 Å². The molecule has 3 N–H and O–H groups in total. The second kappa shape index (κ2) is 13.2. The monoisotopic (exact) mass is 592 g/mol. The van der Waals surface area contributed by atoms with Crippen LogP contribution in [0.1, 0.15) is 75.6 Å². The van der Waals surface area contributed by atoms with Crippen molar-refractivity contribution >= 4 is 17.2 Å². The summed E-state index contributed by atoms with van der Waals surface area (Å²) in [4.78, 5) is 21.9. The molecule has 8 nitrogen and oxygen atoms in total. The van der Waals surface area contributed by atoms with Gasteiger partial charge in [0.1, 0.15) is 10.6 Å². The number of aliphatic hydroxyl groups excluding tert-OH is 1. The van der Waals surface area contributed by atoms with E-state index in [1.807, 2.05) is 29.8 Å². The minimum atomic E-state index is -0.811. The standard InChI is InChI=1S/C33H44N4O4S/c1-32(2,3)18-23-16-25-27(19-33(10-6-11-33)41-30(25)36-20-23)35-21-28(38)26(37-29(39)9-13-40-4)17-22-7-5-8-24(15-22)31-34-12-14-42-31/h5,7-8,12,14-16,20,26-28,35,38H,6,9-11,13,17-19,21H2,1-4H3,(H,37,39)/t26-,27-,28+/m0/s1. The average Bonchev–Trinajstić information content (AvgIpc) is 3.48. The molecule has 0 saturated heterocycles. The summed E-state index contributed by atoms with van der Waals surface area (Å²) in [5.74, 6) is 0.562. The first-order chi connectivity index (χ1) is 20.1. The van der Waals surface area contributed by atoms with Crippen molar-refractivity contribution in [3.63, 3.8) is 0 Å². The van der Waals surface area contributed by atoms with E-state index < -0.39 is 12.1 Å². The summed E-state index contributed by atoms with van der Waals surface area (Å²) in [6, 6.07) is 9.91. The molecule has 3 atom stereocenters. The third-order valence-corrected chi connectivity index (χ3v) is 9.00. The highest BCUT2D eigenvalue weighted by atomic mass is 32.1. The van der Waals surface area contributed by atoms with Crippen molar-refractivity contribution in [2.45, 2.75) is 89.5 Å². The number of carbonyl (C=O) groups excluding carboxylic acids is 1. The van der Waals surface area contributed by atoms with Crippen LogP contribution in [0.5, 0.6) is 5.88 Å². The summed E-state index contributed by atoms with van der Waals surface area (Å²) in [6.07, 6.45) is 8.62. The first-order valence-electron chi connectivity index (χ1n) is 15.0. The Morgan fingerprint density at radius 1 is 1.24 bits per heavy atom. The number of thiazole rings is 1. The molecule has 1 spiro atoms. The van der Waals surface area contributed by atoms with Crippen LogP contribution in [0.3, 0.4) is 0 Å². The summed E-state index contributed by atoms with van der Waals surface area (Å²) in [6.45, 7) is 7.34. The fraction of sp³-hybridized carbons (Fsp3) is 0.545. The van der Waals surface area contributed by atoms with Crippen molar-refractivity contribution < 1.29 is 19.4 Å².